The molecule has 5 aliphatic carbocycles. The largest absolute Gasteiger partial charge is 0.454 e. The van der Waals surface area contributed by atoms with Crippen molar-refractivity contribution in [3.8, 4) is 0 Å². The number of esters is 1. The van der Waals surface area contributed by atoms with Crippen LogP contribution in [0.3, 0.4) is 0 Å². The number of carbonyl (C=O) groups is 4. The number of nitrogens with zero attached hydrogens (tertiary/aromatic N) is 1. The predicted molar refractivity (Wildman–Crippen MR) is 120 cm³/mol. The minimum absolute atomic E-state index is 0.0769. The zero-order valence-electron chi connectivity index (χ0n) is 20.1. The summed E-state index contributed by atoms with van der Waals surface area (Å²) >= 11 is 0. The smallest absolute Gasteiger partial charge is 0.326 e. The molecule has 8 nitrogen and oxygen atoms in total. The molecule has 33 heavy (non-hydrogen) atoms. The zero-order valence-corrected chi connectivity index (χ0v) is 20.1. The van der Waals surface area contributed by atoms with Crippen LogP contribution in [-0.2, 0) is 19.1 Å². The summed E-state index contributed by atoms with van der Waals surface area (Å²) in [6.45, 7) is 5.44. The van der Waals surface area contributed by atoms with Crippen molar-refractivity contribution < 1.29 is 23.9 Å². The minimum atomic E-state index is -0.950. The highest BCUT2D eigenvalue weighted by Crippen LogP contribution is 2.55. The van der Waals surface area contributed by atoms with Gasteiger partial charge < -0.3 is 15.4 Å². The molecule has 4 bridgehead atoms. The van der Waals surface area contributed by atoms with Gasteiger partial charge in [-0.05, 0) is 86.9 Å². The second-order valence-electron chi connectivity index (χ2n) is 12.7. The molecule has 0 radical (unpaired) electrons. The molecule has 5 saturated carbocycles. The van der Waals surface area contributed by atoms with Crippen molar-refractivity contribution in [1.29, 1.82) is 0 Å². The molecule has 1 heterocycles. The molecule has 2 atom stereocenters. The van der Waals surface area contributed by atoms with Gasteiger partial charge in [0.1, 0.15) is 12.1 Å². The molecule has 2 unspecified atom stereocenters. The second kappa shape index (κ2) is 7.70. The fourth-order valence-corrected chi connectivity index (χ4v) is 8.57. The first-order valence-corrected chi connectivity index (χ1v) is 12.6. The van der Waals surface area contributed by atoms with E-state index >= 15 is 0 Å². The molecule has 2 N–H and O–H groups in total. The van der Waals surface area contributed by atoms with Crippen LogP contribution < -0.4 is 10.6 Å². The fourth-order valence-electron chi connectivity index (χ4n) is 8.57. The lowest BCUT2D eigenvalue weighted by Gasteiger charge is -2.56. The monoisotopic (exact) mass is 459 g/mol. The third kappa shape index (κ3) is 4.26. The summed E-state index contributed by atoms with van der Waals surface area (Å²) in [6, 6.07) is -0.556. The molecule has 1 aliphatic heterocycles. The van der Waals surface area contributed by atoms with Crippen LogP contribution in [0.5, 0.6) is 0 Å². The molecule has 0 aromatic rings. The number of imide groups is 1. The van der Waals surface area contributed by atoms with Gasteiger partial charge in [0.05, 0.1) is 0 Å². The lowest BCUT2D eigenvalue weighted by molar-refractivity contribution is -0.152. The first-order chi connectivity index (χ1) is 15.5. The van der Waals surface area contributed by atoms with E-state index in [4.69, 9.17) is 4.74 Å². The third-order valence-electron chi connectivity index (χ3n) is 8.72. The van der Waals surface area contributed by atoms with Crippen LogP contribution in [0.15, 0.2) is 0 Å². The molecule has 0 aromatic carbocycles. The minimum Gasteiger partial charge on any atom is -0.454 e. The Balaban J connectivity index is 1.14. The SMILES string of the molecule is CC1CC(C)(C)CC2(C1)NC(=O)N(CC(=O)OCC(=O)NC13CC4CC(CC(C4)C1)C3)C2=O. The maximum atomic E-state index is 13.2. The Kier molecular flexibility index (Phi) is 5.29. The molecular formula is C25H37N3O5. The highest BCUT2D eigenvalue weighted by Gasteiger charge is 2.56. The summed E-state index contributed by atoms with van der Waals surface area (Å²) in [6.07, 6.45) is 9.04. The van der Waals surface area contributed by atoms with Gasteiger partial charge in [-0.15, -0.1) is 0 Å². The van der Waals surface area contributed by atoms with Crippen LogP contribution in [0.4, 0.5) is 4.79 Å². The maximum absolute atomic E-state index is 13.2. The van der Waals surface area contributed by atoms with E-state index in [-0.39, 0.29) is 35.3 Å². The van der Waals surface area contributed by atoms with Gasteiger partial charge in [0, 0.05) is 5.54 Å². The standard InChI is InChI=1S/C25H37N3O5/c1-15-7-23(2,3)14-25(8-15)21(31)28(22(32)27-25)12-20(30)33-13-19(29)26-24-9-16-4-17(10-24)6-18(5-16)11-24/h15-18H,4-14H2,1-3H3,(H,26,29)(H,27,32). The van der Waals surface area contributed by atoms with E-state index in [0.29, 0.717) is 30.6 Å². The molecule has 6 rings (SSSR count). The molecule has 0 aromatic heterocycles. The van der Waals surface area contributed by atoms with Crippen molar-refractivity contribution in [2.45, 2.75) is 89.6 Å². The van der Waals surface area contributed by atoms with Crippen LogP contribution in [0, 0.1) is 29.1 Å². The molecule has 6 fully saturated rings. The summed E-state index contributed by atoms with van der Waals surface area (Å²) in [7, 11) is 0. The molecule has 182 valence electrons. The van der Waals surface area contributed by atoms with E-state index in [9.17, 15) is 19.2 Å². The van der Waals surface area contributed by atoms with E-state index in [1.807, 2.05) is 0 Å². The number of amides is 4. The van der Waals surface area contributed by atoms with E-state index in [1.54, 1.807) is 0 Å². The zero-order chi connectivity index (χ0) is 23.6. The molecule has 1 saturated heterocycles. The summed E-state index contributed by atoms with van der Waals surface area (Å²) in [4.78, 5) is 51.7. The predicted octanol–water partition coefficient (Wildman–Crippen LogP) is 2.75. The van der Waals surface area contributed by atoms with Crippen molar-refractivity contribution in [2.75, 3.05) is 13.2 Å². The Morgan fingerprint density at radius 2 is 1.64 bits per heavy atom. The summed E-state index contributed by atoms with van der Waals surface area (Å²) in [5.41, 5.74) is -1.17. The number of urea groups is 1. The van der Waals surface area contributed by atoms with E-state index < -0.39 is 24.1 Å². The van der Waals surface area contributed by atoms with Crippen molar-refractivity contribution in [1.82, 2.24) is 15.5 Å². The summed E-state index contributed by atoms with van der Waals surface area (Å²) in [5.74, 6) is 1.03. The van der Waals surface area contributed by atoms with Crippen molar-refractivity contribution in [3.63, 3.8) is 0 Å². The second-order valence-corrected chi connectivity index (χ2v) is 12.7. The van der Waals surface area contributed by atoms with Crippen LogP contribution in [0.2, 0.25) is 0 Å². The topological polar surface area (TPSA) is 105 Å². The molecule has 1 spiro atoms. The highest BCUT2D eigenvalue weighted by atomic mass is 16.5. The molecular weight excluding hydrogens is 422 g/mol. The van der Waals surface area contributed by atoms with Crippen LogP contribution in [0.1, 0.15) is 78.6 Å². The van der Waals surface area contributed by atoms with Gasteiger partial charge >= 0.3 is 12.0 Å². The van der Waals surface area contributed by atoms with Crippen molar-refractivity contribution in [2.24, 2.45) is 29.1 Å². The molecule has 6 aliphatic rings. The average molecular weight is 460 g/mol. The van der Waals surface area contributed by atoms with Gasteiger partial charge in [0.15, 0.2) is 6.61 Å². The van der Waals surface area contributed by atoms with Gasteiger partial charge in [0.25, 0.3) is 11.8 Å². The first-order valence-electron chi connectivity index (χ1n) is 12.6. The fraction of sp³-hybridized carbons (Fsp3) is 0.840. The van der Waals surface area contributed by atoms with Crippen molar-refractivity contribution in [3.05, 3.63) is 0 Å². The van der Waals surface area contributed by atoms with Gasteiger partial charge in [-0.3, -0.25) is 19.3 Å². The van der Waals surface area contributed by atoms with Gasteiger partial charge in [-0.25, -0.2) is 4.79 Å². The first kappa shape index (κ1) is 22.7. The lowest BCUT2D eigenvalue weighted by Crippen LogP contribution is -2.60. The van der Waals surface area contributed by atoms with Crippen LogP contribution in [0.25, 0.3) is 0 Å². The van der Waals surface area contributed by atoms with Crippen LogP contribution >= 0.6 is 0 Å². The quantitative estimate of drug-likeness (QED) is 0.486. The Morgan fingerprint density at radius 3 is 2.21 bits per heavy atom. The Morgan fingerprint density at radius 1 is 1.03 bits per heavy atom. The number of hydrogen-bond donors (Lipinski definition) is 2. The molecule has 8 heteroatoms. The highest BCUT2D eigenvalue weighted by molar-refractivity contribution is 6.08. The number of hydrogen-bond acceptors (Lipinski definition) is 5. The number of carbonyl (C=O) groups excluding carboxylic acids is 4. The van der Waals surface area contributed by atoms with Gasteiger partial charge in [0.2, 0.25) is 0 Å². The molecule has 4 amide bonds. The summed E-state index contributed by atoms with van der Waals surface area (Å²) < 4.78 is 5.19. The third-order valence-corrected chi connectivity index (χ3v) is 8.72. The van der Waals surface area contributed by atoms with Gasteiger partial charge in [-0.2, -0.15) is 0 Å². The number of nitrogens with one attached hydrogen (secondary N) is 2. The number of ether oxygens (including phenoxy) is 1. The van der Waals surface area contributed by atoms with Crippen LogP contribution in [-0.4, -0.2) is 52.9 Å². The van der Waals surface area contributed by atoms with E-state index in [1.165, 1.54) is 19.3 Å². The van der Waals surface area contributed by atoms with E-state index in [0.717, 1.165) is 30.6 Å². The Bertz CT molecular complexity index is 848. The average Bonchev–Trinajstić information content (AvgIpc) is 2.86. The maximum Gasteiger partial charge on any atom is 0.326 e. The number of rotatable bonds is 5. The van der Waals surface area contributed by atoms with Gasteiger partial charge in [-0.1, -0.05) is 20.8 Å². The Labute approximate surface area is 195 Å². The normalized spacial score (nSPS) is 40.8. The Hall–Kier alpha value is -2.12. The van der Waals surface area contributed by atoms with E-state index in [2.05, 4.69) is 31.4 Å². The summed E-state index contributed by atoms with van der Waals surface area (Å²) in [5, 5.41) is 6.04. The van der Waals surface area contributed by atoms with Crippen molar-refractivity contribution >= 4 is 23.8 Å². The lowest BCUT2D eigenvalue weighted by atomic mass is 9.53.